The molecule has 1 aliphatic rings. The van der Waals surface area contributed by atoms with Crippen molar-refractivity contribution in [2.45, 2.75) is 26.9 Å². The summed E-state index contributed by atoms with van der Waals surface area (Å²) in [5, 5.41) is 14.1. The number of rotatable bonds is 3. The number of carbonyl (C=O) groups is 1. The van der Waals surface area contributed by atoms with Gasteiger partial charge < -0.3 is 9.47 Å². The predicted octanol–water partition coefficient (Wildman–Crippen LogP) is 4.31. The van der Waals surface area contributed by atoms with E-state index in [-0.39, 0.29) is 5.91 Å². The molecule has 2 aromatic heterocycles. The molecule has 0 radical (unpaired) electrons. The van der Waals surface area contributed by atoms with Crippen LogP contribution in [0.5, 0.6) is 0 Å². The summed E-state index contributed by atoms with van der Waals surface area (Å²) in [6.45, 7) is 5.09. The van der Waals surface area contributed by atoms with Crippen LogP contribution >= 0.6 is 0 Å². The molecule has 0 spiro atoms. The number of nitriles is 1. The lowest BCUT2D eigenvalue weighted by atomic mass is 10.1. The molecule has 0 unspecified atom stereocenters. The maximum atomic E-state index is 13.1. The smallest absolute Gasteiger partial charge is 0.254 e. The van der Waals surface area contributed by atoms with Crippen molar-refractivity contribution in [3.63, 3.8) is 0 Å². The van der Waals surface area contributed by atoms with E-state index in [1.807, 2.05) is 29.2 Å². The van der Waals surface area contributed by atoms with Crippen molar-refractivity contribution in [2.75, 3.05) is 0 Å². The normalized spacial score (nSPS) is 12.6. The minimum absolute atomic E-state index is 0.0911. The highest BCUT2D eigenvalue weighted by Crippen LogP contribution is 2.32. The summed E-state index contributed by atoms with van der Waals surface area (Å²) in [5.41, 5.74) is 6.33. The van der Waals surface area contributed by atoms with Gasteiger partial charge >= 0.3 is 0 Å². The van der Waals surface area contributed by atoms with Crippen LogP contribution in [0.1, 0.15) is 38.3 Å². The molecule has 4 aromatic rings. The van der Waals surface area contributed by atoms with Gasteiger partial charge in [0.2, 0.25) is 0 Å². The molecular formula is C25H21N5O. The quantitative estimate of drug-likeness (QED) is 0.508. The summed E-state index contributed by atoms with van der Waals surface area (Å²) < 4.78 is 4.03. The highest BCUT2D eigenvalue weighted by molar-refractivity contribution is 5.95. The number of hydrogen-bond donors (Lipinski definition) is 0. The second kappa shape index (κ2) is 7.29. The summed E-state index contributed by atoms with van der Waals surface area (Å²) in [7, 11) is 0. The van der Waals surface area contributed by atoms with Crippen molar-refractivity contribution in [3.05, 3.63) is 101 Å². The van der Waals surface area contributed by atoms with Gasteiger partial charge in [0.25, 0.3) is 5.91 Å². The van der Waals surface area contributed by atoms with Gasteiger partial charge in [-0.1, -0.05) is 23.8 Å². The van der Waals surface area contributed by atoms with Crippen LogP contribution < -0.4 is 0 Å². The fourth-order valence-electron chi connectivity index (χ4n) is 4.20. The summed E-state index contributed by atoms with van der Waals surface area (Å²) in [6, 6.07) is 19.2. The van der Waals surface area contributed by atoms with Gasteiger partial charge in [0.1, 0.15) is 5.82 Å². The zero-order valence-corrected chi connectivity index (χ0v) is 17.4. The van der Waals surface area contributed by atoms with Crippen molar-refractivity contribution in [3.8, 4) is 17.6 Å². The van der Waals surface area contributed by atoms with Crippen molar-refractivity contribution < 1.29 is 4.79 Å². The Kier molecular flexibility index (Phi) is 4.45. The van der Waals surface area contributed by atoms with E-state index in [1.165, 1.54) is 5.56 Å². The Hall–Kier alpha value is -4.11. The minimum atomic E-state index is -0.0911. The molecule has 0 saturated carbocycles. The molecule has 0 saturated heterocycles. The summed E-state index contributed by atoms with van der Waals surface area (Å²) in [5.74, 6) is 0.861. The molecule has 1 amide bonds. The highest BCUT2D eigenvalue weighted by Gasteiger charge is 2.32. The van der Waals surface area contributed by atoms with E-state index in [0.717, 1.165) is 28.3 Å². The average molecular weight is 407 g/mol. The zero-order valence-electron chi connectivity index (χ0n) is 17.4. The molecule has 5 rings (SSSR count). The predicted molar refractivity (Wildman–Crippen MR) is 117 cm³/mol. The fraction of sp³-hybridized carbons (Fsp3) is 0.160. The van der Waals surface area contributed by atoms with Crippen LogP contribution in [0.3, 0.4) is 0 Å². The Bertz CT molecular complexity index is 1340. The fourth-order valence-corrected chi connectivity index (χ4v) is 4.20. The number of benzene rings is 2. The highest BCUT2D eigenvalue weighted by atomic mass is 16.2. The van der Waals surface area contributed by atoms with Crippen LogP contribution in [0.15, 0.2) is 67.0 Å². The van der Waals surface area contributed by atoms with Crippen LogP contribution in [0.4, 0.5) is 0 Å². The minimum Gasteiger partial charge on any atom is -0.328 e. The molecule has 152 valence electrons. The van der Waals surface area contributed by atoms with E-state index in [4.69, 9.17) is 10.4 Å². The lowest BCUT2D eigenvalue weighted by molar-refractivity contribution is 0.0749. The SMILES string of the molecule is Cc1ccc(-n2nc3c(c2-n2cccc2)CN(C(=O)c2cccc(C#N)c2)C3)c(C)c1. The monoisotopic (exact) mass is 407 g/mol. The van der Waals surface area contributed by atoms with E-state index < -0.39 is 0 Å². The molecule has 6 nitrogen and oxygen atoms in total. The first-order valence-electron chi connectivity index (χ1n) is 10.2. The van der Waals surface area contributed by atoms with Crippen LogP contribution in [-0.2, 0) is 13.1 Å². The van der Waals surface area contributed by atoms with Gasteiger partial charge in [-0.2, -0.15) is 10.4 Å². The van der Waals surface area contributed by atoms with Gasteiger partial charge in [-0.3, -0.25) is 4.79 Å². The maximum absolute atomic E-state index is 13.1. The van der Waals surface area contributed by atoms with Gasteiger partial charge in [0, 0.05) is 23.5 Å². The van der Waals surface area contributed by atoms with Crippen molar-refractivity contribution in [2.24, 2.45) is 0 Å². The molecule has 2 aromatic carbocycles. The Morgan fingerprint density at radius 3 is 2.58 bits per heavy atom. The molecular weight excluding hydrogens is 386 g/mol. The third kappa shape index (κ3) is 3.21. The molecule has 6 heteroatoms. The Balaban J connectivity index is 1.55. The van der Waals surface area contributed by atoms with E-state index in [9.17, 15) is 4.79 Å². The number of nitrogens with zero attached hydrogens (tertiary/aromatic N) is 5. The molecule has 3 heterocycles. The average Bonchev–Trinajstić information content (AvgIpc) is 3.49. The van der Waals surface area contributed by atoms with Gasteiger partial charge in [-0.05, 0) is 55.8 Å². The zero-order chi connectivity index (χ0) is 21.5. The number of fused-ring (bicyclic) bond motifs is 1. The first-order chi connectivity index (χ1) is 15.0. The molecule has 1 aliphatic heterocycles. The lowest BCUT2D eigenvalue weighted by Crippen LogP contribution is -2.26. The maximum Gasteiger partial charge on any atom is 0.254 e. The largest absolute Gasteiger partial charge is 0.328 e. The van der Waals surface area contributed by atoms with E-state index in [0.29, 0.717) is 24.2 Å². The Morgan fingerprint density at radius 2 is 1.84 bits per heavy atom. The first-order valence-corrected chi connectivity index (χ1v) is 10.2. The molecule has 0 fully saturated rings. The van der Waals surface area contributed by atoms with Gasteiger partial charge in [-0.25, -0.2) is 4.68 Å². The van der Waals surface area contributed by atoms with Crippen molar-refractivity contribution in [1.29, 1.82) is 5.26 Å². The number of aryl methyl sites for hydroxylation is 2. The summed E-state index contributed by atoms with van der Waals surface area (Å²) >= 11 is 0. The second-order valence-corrected chi connectivity index (χ2v) is 7.89. The van der Waals surface area contributed by atoms with Gasteiger partial charge in [0.05, 0.1) is 36.1 Å². The second-order valence-electron chi connectivity index (χ2n) is 7.89. The Labute approximate surface area is 180 Å². The summed E-state index contributed by atoms with van der Waals surface area (Å²) in [4.78, 5) is 14.9. The van der Waals surface area contributed by atoms with Crippen LogP contribution in [0.2, 0.25) is 0 Å². The topological polar surface area (TPSA) is 66.8 Å². The Morgan fingerprint density at radius 1 is 1.03 bits per heavy atom. The molecule has 0 atom stereocenters. The first kappa shape index (κ1) is 18.9. The number of carbonyl (C=O) groups excluding carboxylic acids is 1. The van der Waals surface area contributed by atoms with E-state index in [2.05, 4.69) is 42.7 Å². The van der Waals surface area contributed by atoms with Gasteiger partial charge in [-0.15, -0.1) is 0 Å². The molecule has 0 aliphatic carbocycles. The third-order valence-corrected chi connectivity index (χ3v) is 5.68. The summed E-state index contributed by atoms with van der Waals surface area (Å²) in [6.07, 6.45) is 4.00. The molecule has 0 bridgehead atoms. The lowest BCUT2D eigenvalue weighted by Gasteiger charge is -2.18. The van der Waals surface area contributed by atoms with Crippen molar-refractivity contribution in [1.82, 2.24) is 19.2 Å². The van der Waals surface area contributed by atoms with Crippen LogP contribution in [0.25, 0.3) is 11.5 Å². The molecule has 31 heavy (non-hydrogen) atoms. The van der Waals surface area contributed by atoms with Crippen LogP contribution in [0, 0.1) is 25.2 Å². The number of hydrogen-bond acceptors (Lipinski definition) is 3. The number of aromatic nitrogens is 3. The standard InChI is InChI=1S/C25H21N5O/c1-17-8-9-23(18(2)12-17)30-24(28-10-3-4-11-28)21-15-29(16-22(21)27-30)25(31)20-7-5-6-19(13-20)14-26/h3-13H,15-16H2,1-2H3. The van der Waals surface area contributed by atoms with E-state index >= 15 is 0 Å². The third-order valence-electron chi connectivity index (χ3n) is 5.68. The van der Waals surface area contributed by atoms with Crippen LogP contribution in [-0.4, -0.2) is 25.2 Å². The van der Waals surface area contributed by atoms with E-state index in [1.54, 1.807) is 29.2 Å². The van der Waals surface area contributed by atoms with Crippen molar-refractivity contribution >= 4 is 5.91 Å². The number of amides is 1. The van der Waals surface area contributed by atoms with Gasteiger partial charge in [0.15, 0.2) is 0 Å². The molecule has 0 N–H and O–H groups in total.